The molecule has 4 nitrogen and oxygen atoms in total. The van der Waals surface area contributed by atoms with Crippen LogP contribution in [-0.2, 0) is 10.1 Å². The molecule has 0 fully saturated rings. The highest BCUT2D eigenvalue weighted by molar-refractivity contribution is 7.86. The zero-order valence-corrected chi connectivity index (χ0v) is 12.5. The van der Waals surface area contributed by atoms with E-state index in [1.807, 2.05) is 32.0 Å². The molecule has 1 aromatic heterocycles. The van der Waals surface area contributed by atoms with Gasteiger partial charge in [-0.05, 0) is 11.1 Å². The Labute approximate surface area is 126 Å². The molecule has 1 heterocycles. The van der Waals surface area contributed by atoms with Crippen molar-refractivity contribution in [1.29, 1.82) is 0 Å². The van der Waals surface area contributed by atoms with E-state index in [0.29, 0.717) is 0 Å². The van der Waals surface area contributed by atoms with Crippen molar-refractivity contribution >= 4 is 10.1 Å². The van der Waals surface area contributed by atoms with Crippen molar-refractivity contribution in [2.45, 2.75) is 19.4 Å². The second-order valence-corrected chi connectivity index (χ2v) is 5.70. The minimum Gasteiger partial charge on any atom is -0.741 e. The number of halogens is 3. The van der Waals surface area contributed by atoms with E-state index in [0.717, 1.165) is 11.5 Å². The molecule has 120 valence electrons. The van der Waals surface area contributed by atoms with Gasteiger partial charge in [0.2, 0.25) is 0 Å². The first-order valence-electron chi connectivity index (χ1n) is 5.99. The lowest BCUT2D eigenvalue weighted by Gasteiger charge is -2.08. The fourth-order valence-corrected chi connectivity index (χ4v) is 1.59. The molecule has 0 unspecified atom stereocenters. The van der Waals surface area contributed by atoms with Crippen LogP contribution in [0.5, 0.6) is 0 Å². The van der Waals surface area contributed by atoms with E-state index < -0.39 is 15.6 Å². The SMILES string of the molecule is Cc1cc(-c2ccccc2)cc(C)[o+]1.O=S(=O)([O-])C(F)(F)F. The van der Waals surface area contributed by atoms with Gasteiger partial charge >= 0.3 is 17.0 Å². The molecule has 2 rings (SSSR count). The van der Waals surface area contributed by atoms with E-state index in [2.05, 4.69) is 24.3 Å². The third-order valence-corrected chi connectivity index (χ3v) is 3.00. The molecule has 0 aliphatic carbocycles. The summed E-state index contributed by atoms with van der Waals surface area (Å²) in [7, 11) is -6.09. The van der Waals surface area contributed by atoms with Crippen LogP contribution in [0.3, 0.4) is 0 Å². The summed E-state index contributed by atoms with van der Waals surface area (Å²) in [6.07, 6.45) is 0. The van der Waals surface area contributed by atoms with Crippen LogP contribution >= 0.6 is 0 Å². The molecule has 0 bridgehead atoms. The number of rotatable bonds is 1. The Bertz CT molecular complexity index is 705. The third-order valence-electron chi connectivity index (χ3n) is 2.43. The predicted octanol–water partition coefficient (Wildman–Crippen LogP) is 3.90. The topological polar surface area (TPSA) is 68.5 Å². The van der Waals surface area contributed by atoms with Crippen LogP contribution in [0.15, 0.2) is 46.9 Å². The summed E-state index contributed by atoms with van der Waals surface area (Å²) in [5, 5.41) is 0. The third kappa shape index (κ3) is 5.45. The first-order chi connectivity index (χ1) is 10.0. The van der Waals surface area contributed by atoms with Crippen molar-refractivity contribution in [2.24, 2.45) is 0 Å². The summed E-state index contributed by atoms with van der Waals surface area (Å²) in [5.74, 6) is 1.90. The van der Waals surface area contributed by atoms with Gasteiger partial charge in [-0.2, -0.15) is 13.2 Å². The fourth-order valence-electron chi connectivity index (χ4n) is 1.59. The molecule has 0 saturated carbocycles. The van der Waals surface area contributed by atoms with Crippen LogP contribution in [0.2, 0.25) is 0 Å². The van der Waals surface area contributed by atoms with Gasteiger partial charge in [0.15, 0.2) is 10.1 Å². The first-order valence-corrected chi connectivity index (χ1v) is 7.40. The average Bonchev–Trinajstić information content (AvgIpc) is 2.37. The van der Waals surface area contributed by atoms with Crippen LogP contribution in [0, 0.1) is 13.8 Å². The molecular formula is C14H13F3O4S. The van der Waals surface area contributed by atoms with Crippen molar-refractivity contribution in [1.82, 2.24) is 0 Å². The summed E-state index contributed by atoms with van der Waals surface area (Å²) in [6, 6.07) is 14.4. The van der Waals surface area contributed by atoms with Gasteiger partial charge in [-0.25, -0.2) is 12.8 Å². The van der Waals surface area contributed by atoms with Gasteiger partial charge in [0.1, 0.15) is 0 Å². The van der Waals surface area contributed by atoms with Gasteiger partial charge in [0.25, 0.3) is 0 Å². The minimum atomic E-state index is -6.09. The van der Waals surface area contributed by atoms with E-state index in [1.54, 1.807) is 0 Å². The Balaban J connectivity index is 0.000000261. The number of hydrogen-bond acceptors (Lipinski definition) is 3. The molecular weight excluding hydrogens is 321 g/mol. The number of hydrogen-bond donors (Lipinski definition) is 0. The highest BCUT2D eigenvalue weighted by atomic mass is 32.2. The normalized spacial score (nSPS) is 11.5. The largest absolute Gasteiger partial charge is 0.741 e. The maximum Gasteiger partial charge on any atom is 0.485 e. The minimum absolute atomic E-state index is 0.948. The Hall–Kier alpha value is -1.93. The molecule has 0 amide bonds. The second-order valence-electron chi connectivity index (χ2n) is 4.33. The molecule has 22 heavy (non-hydrogen) atoms. The standard InChI is InChI=1S/C13H13O.CHF3O3S/c1-10-8-13(9-11(2)14-10)12-6-4-3-5-7-12;2-1(3,4)8(5,6)7/h3-9H,1-2H3;(H,5,6,7)/q+1;/p-1. The van der Waals surface area contributed by atoms with Crippen LogP contribution in [0.4, 0.5) is 13.2 Å². The summed E-state index contributed by atoms with van der Waals surface area (Å²) >= 11 is 0. The summed E-state index contributed by atoms with van der Waals surface area (Å²) in [6.45, 7) is 3.94. The highest BCUT2D eigenvalue weighted by Crippen LogP contribution is 2.21. The maximum absolute atomic E-state index is 10.7. The van der Waals surface area contributed by atoms with Gasteiger partial charge in [0.05, 0.1) is 13.8 Å². The van der Waals surface area contributed by atoms with Crippen molar-refractivity contribution < 1.29 is 30.6 Å². The molecule has 0 spiro atoms. The monoisotopic (exact) mass is 334 g/mol. The molecule has 8 heteroatoms. The summed E-state index contributed by atoms with van der Waals surface area (Å²) in [4.78, 5) is 0. The molecule has 0 N–H and O–H groups in total. The second kappa shape index (κ2) is 6.89. The van der Waals surface area contributed by atoms with Gasteiger partial charge < -0.3 is 4.55 Å². The molecule has 0 saturated heterocycles. The molecule has 0 atom stereocenters. The Morgan fingerprint density at radius 3 is 1.73 bits per heavy atom. The molecule has 2 aromatic rings. The van der Waals surface area contributed by atoms with Crippen molar-refractivity contribution in [3.05, 3.63) is 54.0 Å². The predicted molar refractivity (Wildman–Crippen MR) is 73.8 cm³/mol. The van der Waals surface area contributed by atoms with E-state index in [4.69, 9.17) is 17.4 Å². The van der Waals surface area contributed by atoms with Crippen LogP contribution in [-0.4, -0.2) is 18.5 Å². The molecule has 0 radical (unpaired) electrons. The lowest BCUT2D eigenvalue weighted by molar-refractivity contribution is -0.0517. The average molecular weight is 334 g/mol. The first kappa shape index (κ1) is 18.1. The summed E-state index contributed by atoms with van der Waals surface area (Å²) in [5.41, 5.74) is -3.20. The number of alkyl halides is 3. The van der Waals surface area contributed by atoms with Crippen molar-refractivity contribution in [2.75, 3.05) is 0 Å². The summed E-state index contributed by atoms with van der Waals surface area (Å²) < 4.78 is 64.3. The smallest absolute Gasteiger partial charge is 0.485 e. The Morgan fingerprint density at radius 1 is 0.955 bits per heavy atom. The zero-order chi connectivity index (χ0) is 17.0. The molecule has 1 aromatic carbocycles. The maximum atomic E-state index is 10.7. The number of aryl methyl sites for hydroxylation is 2. The fraction of sp³-hybridized carbons (Fsp3) is 0.214. The van der Waals surface area contributed by atoms with Crippen LogP contribution < -0.4 is 0 Å². The quantitative estimate of drug-likeness (QED) is 0.451. The van der Waals surface area contributed by atoms with Crippen molar-refractivity contribution in [3.8, 4) is 11.1 Å². The Morgan fingerprint density at radius 2 is 1.36 bits per heavy atom. The molecule has 0 aliphatic heterocycles. The van der Waals surface area contributed by atoms with E-state index in [9.17, 15) is 13.2 Å². The zero-order valence-electron chi connectivity index (χ0n) is 11.7. The molecule has 0 aliphatic rings. The van der Waals surface area contributed by atoms with Crippen molar-refractivity contribution in [3.63, 3.8) is 0 Å². The Kier molecular flexibility index (Phi) is 5.67. The van der Waals surface area contributed by atoms with Gasteiger partial charge in [-0.15, -0.1) is 0 Å². The lowest BCUT2D eigenvalue weighted by Crippen LogP contribution is -2.21. The number of benzene rings is 1. The van der Waals surface area contributed by atoms with Gasteiger partial charge in [0, 0.05) is 12.1 Å². The van der Waals surface area contributed by atoms with Crippen LogP contribution in [0.25, 0.3) is 11.1 Å². The van der Waals surface area contributed by atoms with Gasteiger partial charge in [-0.3, -0.25) is 0 Å². The van der Waals surface area contributed by atoms with E-state index >= 15 is 0 Å². The lowest BCUT2D eigenvalue weighted by atomic mass is 10.1. The van der Waals surface area contributed by atoms with E-state index in [-0.39, 0.29) is 0 Å². The van der Waals surface area contributed by atoms with Gasteiger partial charge in [-0.1, -0.05) is 30.3 Å². The van der Waals surface area contributed by atoms with E-state index in [1.165, 1.54) is 11.1 Å². The van der Waals surface area contributed by atoms with Crippen LogP contribution in [0.1, 0.15) is 11.5 Å². The highest BCUT2D eigenvalue weighted by Gasteiger charge is 2.36.